The molecule has 1 aliphatic heterocycles. The van der Waals surface area contributed by atoms with Crippen molar-refractivity contribution in [3.05, 3.63) is 135 Å². The summed E-state index contributed by atoms with van der Waals surface area (Å²) in [5.74, 6) is -6.75. The number of ether oxygens (including phenoxy) is 1. The molecular formula is C41H40F5N3O3S. The summed E-state index contributed by atoms with van der Waals surface area (Å²) in [5.41, 5.74) is -14.9. The third-order valence-corrected chi connectivity index (χ3v) is 7.75. The third-order valence-electron chi connectivity index (χ3n) is 6.93. The molecule has 6 rings (SSSR count). The fraction of sp³-hybridized carbons (Fsp3) is 0.317. The van der Waals surface area contributed by atoms with Crippen LogP contribution < -0.4 is 5.43 Å². The van der Waals surface area contributed by atoms with Gasteiger partial charge in [0.2, 0.25) is 5.91 Å². The average molecular weight is 780 g/mol. The number of methoxy groups -OCH3 is 1. The van der Waals surface area contributed by atoms with Gasteiger partial charge in [-0.05, 0) is 72.1 Å². The Balaban J connectivity index is 1.79. The van der Waals surface area contributed by atoms with Crippen LogP contribution in [0.2, 0.25) is 0 Å². The summed E-state index contributed by atoms with van der Waals surface area (Å²) in [6.45, 7) is -20.8. The predicted molar refractivity (Wildman–Crippen MR) is 198 cm³/mol. The van der Waals surface area contributed by atoms with E-state index in [1.165, 1.54) is 0 Å². The van der Waals surface area contributed by atoms with Crippen molar-refractivity contribution >= 4 is 28.6 Å². The van der Waals surface area contributed by atoms with Crippen molar-refractivity contribution in [2.45, 2.75) is 55.7 Å². The van der Waals surface area contributed by atoms with Crippen molar-refractivity contribution in [3.63, 3.8) is 0 Å². The highest BCUT2D eigenvalue weighted by atomic mass is 32.2. The number of rotatable bonds is 12. The number of amides is 1. The van der Waals surface area contributed by atoms with Crippen LogP contribution in [0.3, 0.4) is 0 Å². The van der Waals surface area contributed by atoms with Crippen molar-refractivity contribution in [3.8, 4) is 11.1 Å². The van der Waals surface area contributed by atoms with Gasteiger partial charge in [0.05, 0.1) is 47.3 Å². The molecule has 0 N–H and O–H groups in total. The molecule has 278 valence electrons. The molecule has 1 amide bonds. The van der Waals surface area contributed by atoms with Gasteiger partial charge in [-0.3, -0.25) is 9.59 Å². The predicted octanol–water partition coefficient (Wildman–Crippen LogP) is 8.71. The summed E-state index contributed by atoms with van der Waals surface area (Å²) in [7, 11) is 0.478. The number of thioether (sulfide) groups is 1. The number of hydrogen-bond acceptors (Lipinski definition) is 5. The number of halogens is 5. The first-order chi connectivity index (χ1) is 37.3. The number of aromatic nitrogens is 1. The van der Waals surface area contributed by atoms with Crippen molar-refractivity contribution in [1.29, 1.82) is 0 Å². The van der Waals surface area contributed by atoms with Crippen LogP contribution in [0, 0.1) is 18.6 Å². The van der Waals surface area contributed by atoms with Gasteiger partial charge in [0.25, 0.3) is 0 Å². The lowest BCUT2D eigenvalue weighted by molar-refractivity contribution is -0.137. The van der Waals surface area contributed by atoms with Crippen molar-refractivity contribution in [2.24, 2.45) is 0 Å². The van der Waals surface area contributed by atoms with E-state index in [-0.39, 0.29) is 4.57 Å². The zero-order valence-electron chi connectivity index (χ0n) is 56.8. The number of carbonyl (C=O) groups is 1. The Morgan fingerprint density at radius 1 is 1.00 bits per heavy atom. The third kappa shape index (κ3) is 9.00. The Bertz CT molecular complexity index is 3560. The molecule has 0 atom stereocenters. The zero-order chi connectivity index (χ0) is 64.2. The molecule has 2 heterocycles. The van der Waals surface area contributed by atoms with Gasteiger partial charge in [-0.2, -0.15) is 13.2 Å². The standard InChI is InChI=1S/C41H40F5N3O3S/c1-27-22-29(28-12-14-32(15-13-28)41(44,45)46)10-11-30(27)24-48(33-16-18-47(19-17-33)20-21-52-2)38(51)25-49-36-9-4-3-7-34(36)37(50)23-39(49)53-26-31-6-5-8-35(42)40(31)43/h3-15,22-23,33H,16-21,24-26H2,1-2H3/i3D,4D,5D,6D,7D,8D,9D,10D,11D,12D,13D,14D,15D,16D2,17D2,18D2,19D2,20D2,21D2,22D,23D,26D2,33D. The maximum Gasteiger partial charge on any atom is 0.416 e. The number of nitrogens with zero attached hydrogens (tertiary/aromatic N) is 3. The fourth-order valence-corrected chi connectivity index (χ4v) is 5.14. The van der Waals surface area contributed by atoms with E-state index in [1.807, 2.05) is 0 Å². The van der Waals surface area contributed by atoms with Crippen LogP contribution in [0.5, 0.6) is 0 Å². The molecule has 0 saturated carbocycles. The summed E-state index contributed by atoms with van der Waals surface area (Å²) in [6, 6.07) is -26.7. The van der Waals surface area contributed by atoms with E-state index in [9.17, 15) is 24.8 Å². The summed E-state index contributed by atoms with van der Waals surface area (Å²) in [5, 5.41) is -2.65. The largest absolute Gasteiger partial charge is 0.416 e. The second-order valence-electron chi connectivity index (χ2n) is 10.3. The molecule has 1 aliphatic rings. The average Bonchev–Trinajstić information content (AvgIpc) is 0.807. The lowest BCUT2D eigenvalue weighted by Gasteiger charge is -2.39. The fourth-order valence-electron chi connectivity index (χ4n) is 4.39. The minimum Gasteiger partial charge on any atom is -0.383 e. The van der Waals surface area contributed by atoms with E-state index in [0.717, 1.165) is 6.92 Å². The molecule has 1 fully saturated rings. The van der Waals surface area contributed by atoms with Crippen LogP contribution in [0.1, 0.15) is 76.1 Å². The van der Waals surface area contributed by atoms with Gasteiger partial charge in [-0.1, -0.05) is 54.4 Å². The molecule has 5 aromatic rings. The van der Waals surface area contributed by atoms with Crippen LogP contribution in [-0.2, 0) is 34.5 Å². The van der Waals surface area contributed by atoms with E-state index in [1.54, 1.807) is 0 Å². The molecule has 53 heavy (non-hydrogen) atoms. The number of fused-ring (bicyclic) bond motifs is 1. The van der Waals surface area contributed by atoms with Crippen LogP contribution in [0.25, 0.3) is 22.0 Å². The summed E-state index contributed by atoms with van der Waals surface area (Å²) in [6.07, 6.45) is -15.1. The Morgan fingerprint density at radius 2 is 1.72 bits per heavy atom. The lowest BCUT2D eigenvalue weighted by Crippen LogP contribution is -2.48. The SMILES string of the molecule is [2H]c1c([2H])c(F)c(F)c(C([2H])([2H])Sc2c([2H])c(=O)c3c([2H])c([2H])c([2H])c([2H])c3n2CC(=O)N(Cc2c([2H])c([2H])c(-c3c([2H])c([2H])c(C(F)(F)F)c([2H])c3[2H])c([2H])c2C)C2([2H])C([2H])([2H])C([2H])([2H])N(C([2H])([2H])C([2H])([2H])OC)C([2H])([2H])C2([2H])[2H])c1[2H]. The van der Waals surface area contributed by atoms with Crippen molar-refractivity contribution < 1.29 is 72.6 Å². The maximum absolute atomic E-state index is 15.8. The molecule has 1 saturated heterocycles. The normalized spacial score (nSPS) is 27.5. The Kier molecular flexibility index (Phi) is 4.93. The van der Waals surface area contributed by atoms with E-state index < -0.39 is 254 Å². The van der Waals surface area contributed by atoms with Gasteiger partial charge in [0, 0.05) is 78.3 Å². The highest BCUT2D eigenvalue weighted by Gasteiger charge is 2.31. The number of hydrogen-bond donors (Lipinski definition) is 0. The molecule has 0 spiro atoms. The smallest absolute Gasteiger partial charge is 0.383 e. The lowest BCUT2D eigenvalue weighted by atomic mass is 9.97. The monoisotopic (exact) mass is 779 g/mol. The second kappa shape index (κ2) is 16.7. The highest BCUT2D eigenvalue weighted by molar-refractivity contribution is 7.98. The molecule has 6 nitrogen and oxygen atoms in total. The zero-order valence-corrected chi connectivity index (χ0v) is 27.6. The van der Waals surface area contributed by atoms with E-state index >= 15 is 13.6 Å². The first kappa shape index (κ1) is 15.7. The van der Waals surface area contributed by atoms with Crippen LogP contribution in [-0.4, -0.2) is 59.5 Å². The number of para-hydroxylation sites is 1. The minimum absolute atomic E-state index is 0.0994. The Hall–Kier alpha value is -4.52. The molecule has 0 aliphatic carbocycles. The van der Waals surface area contributed by atoms with E-state index in [2.05, 4.69) is 4.74 Å². The van der Waals surface area contributed by atoms with Crippen molar-refractivity contribution in [1.82, 2.24) is 14.4 Å². The Labute approximate surface area is 351 Å². The van der Waals surface area contributed by atoms with Gasteiger partial charge in [-0.15, -0.1) is 11.8 Å². The van der Waals surface area contributed by atoms with Crippen LogP contribution in [0.15, 0.2) is 100 Å². The summed E-state index contributed by atoms with van der Waals surface area (Å²) < 4.78 is 339. The molecule has 12 heteroatoms. The Morgan fingerprint density at radius 3 is 2.43 bits per heavy atom. The first-order valence-electron chi connectivity index (χ1n) is 29.5. The topological polar surface area (TPSA) is 54.8 Å². The first-order valence-corrected chi connectivity index (χ1v) is 15.3. The molecule has 1 aromatic heterocycles. The molecule has 4 aromatic carbocycles. The highest BCUT2D eigenvalue weighted by Crippen LogP contribution is 2.32. The molecule has 0 unspecified atom stereocenters. The number of carbonyl (C=O) groups excluding carboxylic acids is 1. The number of benzene rings is 4. The van der Waals surface area contributed by atoms with Gasteiger partial charge in [0.1, 0.15) is 6.54 Å². The second-order valence-corrected chi connectivity index (χ2v) is 11.1. The number of pyridine rings is 1. The minimum atomic E-state index is -5.53. The number of piperidine rings is 1. The van der Waals surface area contributed by atoms with Crippen LogP contribution in [0.4, 0.5) is 22.0 Å². The van der Waals surface area contributed by atoms with Gasteiger partial charge in [0.15, 0.2) is 17.1 Å². The van der Waals surface area contributed by atoms with Crippen molar-refractivity contribution in [2.75, 3.05) is 33.2 Å². The number of alkyl halides is 3. The van der Waals surface area contributed by atoms with Gasteiger partial charge >= 0.3 is 6.18 Å². The van der Waals surface area contributed by atoms with Gasteiger partial charge < -0.3 is 19.1 Å². The molecule has 0 bridgehead atoms. The maximum atomic E-state index is 15.8. The molecular weight excluding hydrogens is 710 g/mol. The van der Waals surface area contributed by atoms with E-state index in [4.69, 9.17) is 34.3 Å². The van der Waals surface area contributed by atoms with Crippen LogP contribution >= 0.6 is 11.8 Å². The molecule has 0 radical (unpaired) electrons. The quantitative estimate of drug-likeness (QED) is 0.0938. The van der Waals surface area contributed by atoms with E-state index in [0.29, 0.717) is 7.11 Å². The van der Waals surface area contributed by atoms with Gasteiger partial charge in [-0.25, -0.2) is 8.78 Å². The summed E-state index contributed by atoms with van der Waals surface area (Å²) >= 11 is -0.625. The number of likely N-dealkylation sites (tertiary alicyclic amines) is 1. The summed E-state index contributed by atoms with van der Waals surface area (Å²) in [4.78, 5) is 28.4.